The molecule has 2 saturated carbocycles. The lowest BCUT2D eigenvalue weighted by Crippen LogP contribution is -2.38. The predicted molar refractivity (Wildman–Crippen MR) is 110 cm³/mol. The smallest absolute Gasteiger partial charge is 0.326 e. The van der Waals surface area contributed by atoms with Crippen LogP contribution in [0.2, 0.25) is 0 Å². The number of ether oxygens (including phenoxy) is 1. The van der Waals surface area contributed by atoms with Crippen molar-refractivity contribution < 1.29 is 23.9 Å². The largest absolute Gasteiger partial charge is 0.454 e. The molecule has 30 heavy (non-hydrogen) atoms. The van der Waals surface area contributed by atoms with Gasteiger partial charge < -0.3 is 10.1 Å². The van der Waals surface area contributed by atoms with Gasteiger partial charge in [0.25, 0.3) is 5.91 Å². The lowest BCUT2D eigenvalue weighted by atomic mass is 9.80. The van der Waals surface area contributed by atoms with Crippen molar-refractivity contribution in [2.45, 2.75) is 30.5 Å². The Morgan fingerprint density at radius 3 is 2.17 bits per heavy atom. The highest BCUT2D eigenvalue weighted by molar-refractivity contribution is 6.31. The van der Waals surface area contributed by atoms with E-state index >= 15 is 0 Å². The summed E-state index contributed by atoms with van der Waals surface area (Å²) in [6.07, 6.45) is 1.55. The fourth-order valence-corrected chi connectivity index (χ4v) is 5.80. The Morgan fingerprint density at radius 2 is 1.63 bits per heavy atom. The summed E-state index contributed by atoms with van der Waals surface area (Å²) >= 11 is 12.6. The molecular weight excluding hydrogens is 431 g/mol. The van der Waals surface area contributed by atoms with Crippen LogP contribution in [0, 0.1) is 23.7 Å². The van der Waals surface area contributed by atoms with Crippen LogP contribution in [0.15, 0.2) is 24.3 Å². The Morgan fingerprint density at radius 1 is 1.07 bits per heavy atom. The highest BCUT2D eigenvalue weighted by Gasteiger charge is 2.66. The van der Waals surface area contributed by atoms with Crippen LogP contribution < -0.4 is 5.32 Å². The van der Waals surface area contributed by atoms with Crippen LogP contribution in [-0.4, -0.2) is 52.5 Å². The molecule has 3 fully saturated rings. The first kappa shape index (κ1) is 21.1. The molecule has 0 aromatic heterocycles. The van der Waals surface area contributed by atoms with Crippen molar-refractivity contribution in [3.05, 3.63) is 29.8 Å². The van der Waals surface area contributed by atoms with Gasteiger partial charge in [0.15, 0.2) is 6.61 Å². The number of anilines is 1. The monoisotopic (exact) mass is 452 g/mol. The second kappa shape index (κ2) is 8.19. The molecule has 1 N–H and O–H groups in total. The summed E-state index contributed by atoms with van der Waals surface area (Å²) in [6, 6.07) is 7.32. The van der Waals surface area contributed by atoms with E-state index in [0.717, 1.165) is 16.9 Å². The molecule has 2 aliphatic carbocycles. The zero-order valence-corrected chi connectivity index (χ0v) is 17.9. The molecule has 0 radical (unpaired) electrons. The number of likely N-dealkylation sites (tertiary alicyclic amines) is 1. The lowest BCUT2D eigenvalue weighted by Gasteiger charge is -2.28. The summed E-state index contributed by atoms with van der Waals surface area (Å²) in [5.41, 5.74) is 1.73. The highest BCUT2D eigenvalue weighted by Crippen LogP contribution is 2.59. The minimum absolute atomic E-state index is 0.147. The van der Waals surface area contributed by atoms with Crippen LogP contribution in [0.4, 0.5) is 5.69 Å². The van der Waals surface area contributed by atoms with Gasteiger partial charge in [0.2, 0.25) is 11.8 Å². The number of rotatable bonds is 6. The maximum Gasteiger partial charge on any atom is 0.326 e. The number of imide groups is 1. The summed E-state index contributed by atoms with van der Waals surface area (Å²) in [5.74, 6) is -3.43. The maximum atomic E-state index is 12.7. The third-order valence-electron chi connectivity index (χ3n) is 6.38. The fraction of sp³-hybridized carbons (Fsp3) is 0.524. The summed E-state index contributed by atoms with van der Waals surface area (Å²) in [7, 11) is 0. The third-order valence-corrected chi connectivity index (χ3v) is 7.70. The number of carbonyl (C=O) groups excluding carboxylic acids is 4. The number of alkyl halides is 2. The predicted octanol–water partition coefficient (Wildman–Crippen LogP) is 2.20. The number of nitrogens with one attached hydrogen (secondary N) is 1. The van der Waals surface area contributed by atoms with Crippen molar-refractivity contribution in [2.24, 2.45) is 23.7 Å². The summed E-state index contributed by atoms with van der Waals surface area (Å²) in [4.78, 5) is 50.5. The maximum absolute atomic E-state index is 12.7. The Balaban J connectivity index is 1.29. The van der Waals surface area contributed by atoms with Crippen LogP contribution in [0.25, 0.3) is 0 Å². The molecule has 2 bridgehead atoms. The molecule has 3 amide bonds. The highest BCUT2D eigenvalue weighted by atomic mass is 35.5. The molecule has 1 aliphatic heterocycles. The van der Waals surface area contributed by atoms with E-state index in [0.29, 0.717) is 12.1 Å². The molecular formula is C21H22Cl2N2O5. The average Bonchev–Trinajstić information content (AvgIpc) is 3.34. The second-order valence-corrected chi connectivity index (χ2v) is 9.03. The summed E-state index contributed by atoms with van der Waals surface area (Å²) < 4.78 is 4.96. The number of carbonyl (C=O) groups is 4. The van der Waals surface area contributed by atoms with Gasteiger partial charge in [-0.3, -0.25) is 24.1 Å². The zero-order valence-electron chi connectivity index (χ0n) is 16.3. The first-order chi connectivity index (χ1) is 14.3. The van der Waals surface area contributed by atoms with Crippen molar-refractivity contribution in [3.63, 3.8) is 0 Å². The Bertz CT molecular complexity index is 858. The molecule has 9 heteroatoms. The van der Waals surface area contributed by atoms with E-state index in [1.54, 1.807) is 12.1 Å². The molecule has 4 rings (SSSR count). The third kappa shape index (κ3) is 3.58. The van der Waals surface area contributed by atoms with E-state index in [9.17, 15) is 19.2 Å². The van der Waals surface area contributed by atoms with Gasteiger partial charge in [-0.1, -0.05) is 19.1 Å². The van der Waals surface area contributed by atoms with Crippen molar-refractivity contribution in [1.29, 1.82) is 0 Å². The first-order valence-electron chi connectivity index (χ1n) is 9.99. The van der Waals surface area contributed by atoms with E-state index in [4.69, 9.17) is 27.9 Å². The van der Waals surface area contributed by atoms with Crippen LogP contribution in [-0.2, 0) is 30.3 Å². The topological polar surface area (TPSA) is 92.8 Å². The zero-order chi connectivity index (χ0) is 21.6. The number of halogens is 2. The van der Waals surface area contributed by atoms with Crippen molar-refractivity contribution in [3.8, 4) is 0 Å². The number of amides is 3. The summed E-state index contributed by atoms with van der Waals surface area (Å²) in [6.45, 7) is 1.02. The lowest BCUT2D eigenvalue weighted by molar-refractivity contribution is -0.154. The molecule has 3 aliphatic rings. The van der Waals surface area contributed by atoms with Gasteiger partial charge in [-0.05, 0) is 42.4 Å². The van der Waals surface area contributed by atoms with E-state index in [1.165, 1.54) is 0 Å². The minimum atomic E-state index is -0.814. The Labute approximate surface area is 184 Å². The van der Waals surface area contributed by atoms with Crippen molar-refractivity contribution in [2.75, 3.05) is 18.5 Å². The van der Waals surface area contributed by atoms with Gasteiger partial charge in [0.05, 0.1) is 22.6 Å². The molecule has 1 heterocycles. The number of hydrogen-bond acceptors (Lipinski definition) is 5. The summed E-state index contributed by atoms with van der Waals surface area (Å²) in [5, 5.41) is 1.93. The minimum Gasteiger partial charge on any atom is -0.454 e. The van der Waals surface area contributed by atoms with Crippen molar-refractivity contribution in [1.82, 2.24) is 4.90 Å². The van der Waals surface area contributed by atoms with Crippen LogP contribution in [0.5, 0.6) is 0 Å². The standard InChI is InChI=1S/C21H22Cl2N2O5/c1-2-10-3-5-11(6-4-10)24-14(26)9-30-15(27)8-25-20(28)16-12-7-13(17(16)21(25)29)19(23)18(12)22/h3-6,12-13,16-19H,2,7-9H2,1H3,(H,24,26)/t12-,13-,16-,17+,18-,19+/m1/s1. The molecule has 160 valence electrons. The van der Waals surface area contributed by atoms with Gasteiger partial charge in [-0.25, -0.2) is 0 Å². The second-order valence-electron chi connectivity index (χ2n) is 8.03. The number of esters is 1. The van der Waals surface area contributed by atoms with E-state index in [-0.39, 0.29) is 22.6 Å². The Hall–Kier alpha value is -2.12. The van der Waals surface area contributed by atoms with Crippen LogP contribution >= 0.6 is 23.2 Å². The molecule has 6 atom stereocenters. The van der Waals surface area contributed by atoms with Gasteiger partial charge in [0, 0.05) is 5.69 Å². The molecule has 1 aromatic rings. The van der Waals surface area contributed by atoms with E-state index in [2.05, 4.69) is 5.32 Å². The van der Waals surface area contributed by atoms with Crippen molar-refractivity contribution >= 4 is 52.6 Å². The molecule has 1 saturated heterocycles. The number of aryl methyl sites for hydroxylation is 1. The van der Waals surface area contributed by atoms with Gasteiger partial charge in [-0.2, -0.15) is 0 Å². The molecule has 0 spiro atoms. The number of benzene rings is 1. The normalized spacial score (nSPS) is 31.8. The van der Waals surface area contributed by atoms with Gasteiger partial charge >= 0.3 is 5.97 Å². The number of hydrogen-bond donors (Lipinski definition) is 1. The average molecular weight is 453 g/mol. The SMILES string of the molecule is CCc1ccc(NC(=O)COC(=O)CN2C(=O)[C@@H]3[C@H]4C[C@@H]([C@H](Cl)[C@@H]4Cl)[C@@H]3C2=O)cc1. The van der Waals surface area contributed by atoms with E-state index < -0.39 is 48.7 Å². The molecule has 7 nitrogen and oxygen atoms in total. The van der Waals surface area contributed by atoms with Crippen LogP contribution in [0.3, 0.4) is 0 Å². The number of fused-ring (bicyclic) bond motifs is 5. The van der Waals surface area contributed by atoms with E-state index in [1.807, 2.05) is 19.1 Å². The fourth-order valence-electron chi connectivity index (χ4n) is 4.91. The van der Waals surface area contributed by atoms with Gasteiger partial charge in [-0.15, -0.1) is 23.2 Å². The molecule has 0 unspecified atom stereocenters. The van der Waals surface area contributed by atoms with Gasteiger partial charge in [0.1, 0.15) is 6.54 Å². The van der Waals surface area contributed by atoms with Crippen LogP contribution in [0.1, 0.15) is 18.9 Å². The molecule has 1 aromatic carbocycles. The quantitative estimate of drug-likeness (QED) is 0.405. The first-order valence-corrected chi connectivity index (χ1v) is 10.9. The number of nitrogens with zero attached hydrogens (tertiary/aromatic N) is 1. The Kier molecular flexibility index (Phi) is 5.77.